The van der Waals surface area contributed by atoms with Crippen LogP contribution >= 0.6 is 0 Å². The molecular weight excluding hydrogens is 258 g/mol. The number of nitrogens with one attached hydrogen (secondary N) is 1. The molecule has 1 N–H and O–H groups in total. The van der Waals surface area contributed by atoms with Crippen molar-refractivity contribution in [3.05, 3.63) is 24.2 Å². The maximum Gasteiger partial charge on any atom is 0.317 e. The molecular formula is C14H21N3O3. The average molecular weight is 279 g/mol. The van der Waals surface area contributed by atoms with Gasteiger partial charge < -0.3 is 19.5 Å². The van der Waals surface area contributed by atoms with Gasteiger partial charge in [0.25, 0.3) is 5.91 Å². The molecule has 110 valence electrons. The molecule has 0 unspecified atom stereocenters. The maximum atomic E-state index is 12.2. The van der Waals surface area contributed by atoms with Gasteiger partial charge in [-0.3, -0.25) is 4.79 Å². The molecule has 0 spiro atoms. The van der Waals surface area contributed by atoms with Crippen LogP contribution in [-0.4, -0.2) is 53.5 Å². The number of furan rings is 1. The highest BCUT2D eigenvalue weighted by molar-refractivity contribution is 5.91. The van der Waals surface area contributed by atoms with Gasteiger partial charge in [-0.2, -0.15) is 0 Å². The first-order chi connectivity index (χ1) is 9.49. The Kier molecular flexibility index (Phi) is 4.32. The summed E-state index contributed by atoms with van der Waals surface area (Å²) in [7, 11) is 0. The monoisotopic (exact) mass is 279 g/mol. The second-order valence-electron chi connectivity index (χ2n) is 5.38. The number of piperazine rings is 1. The Balaban J connectivity index is 1.96. The first-order valence-corrected chi connectivity index (χ1v) is 6.89. The minimum absolute atomic E-state index is 0.0285. The minimum Gasteiger partial charge on any atom is -0.459 e. The predicted molar refractivity (Wildman–Crippen MR) is 74.4 cm³/mol. The van der Waals surface area contributed by atoms with Gasteiger partial charge in [0.05, 0.1) is 6.26 Å². The Morgan fingerprint density at radius 3 is 2.70 bits per heavy atom. The number of urea groups is 1. The maximum absolute atomic E-state index is 12.2. The van der Waals surface area contributed by atoms with E-state index in [1.165, 1.54) is 6.26 Å². The molecule has 3 amide bonds. The summed E-state index contributed by atoms with van der Waals surface area (Å²) in [5, 5.41) is 2.87. The lowest BCUT2D eigenvalue weighted by Gasteiger charge is -2.39. The molecule has 0 aliphatic carbocycles. The van der Waals surface area contributed by atoms with Crippen LogP contribution in [0.4, 0.5) is 4.79 Å². The van der Waals surface area contributed by atoms with E-state index in [4.69, 9.17) is 4.42 Å². The lowest BCUT2D eigenvalue weighted by Crippen LogP contribution is -2.57. The van der Waals surface area contributed by atoms with Crippen LogP contribution in [-0.2, 0) is 0 Å². The van der Waals surface area contributed by atoms with Crippen LogP contribution in [0, 0.1) is 0 Å². The van der Waals surface area contributed by atoms with E-state index in [-0.39, 0.29) is 24.0 Å². The molecule has 6 nitrogen and oxygen atoms in total. The molecule has 20 heavy (non-hydrogen) atoms. The fourth-order valence-electron chi connectivity index (χ4n) is 2.32. The van der Waals surface area contributed by atoms with E-state index in [1.54, 1.807) is 21.9 Å². The van der Waals surface area contributed by atoms with Gasteiger partial charge in [-0.25, -0.2) is 4.79 Å². The third-order valence-corrected chi connectivity index (χ3v) is 3.32. The minimum atomic E-state index is -0.119. The van der Waals surface area contributed by atoms with Gasteiger partial charge in [-0.15, -0.1) is 0 Å². The number of rotatable bonds is 2. The summed E-state index contributed by atoms with van der Waals surface area (Å²) in [5.41, 5.74) is 0. The molecule has 1 saturated heterocycles. The SMILES string of the molecule is CC(C)NC(=O)N1CCN(C(=O)c2ccco2)[C@@H](C)C1. The summed E-state index contributed by atoms with van der Waals surface area (Å²) in [6.45, 7) is 7.39. The largest absolute Gasteiger partial charge is 0.459 e. The van der Waals surface area contributed by atoms with Gasteiger partial charge in [0, 0.05) is 31.7 Å². The zero-order chi connectivity index (χ0) is 14.7. The Labute approximate surface area is 118 Å². The summed E-state index contributed by atoms with van der Waals surface area (Å²) < 4.78 is 5.14. The number of hydrogen-bond donors (Lipinski definition) is 1. The van der Waals surface area contributed by atoms with Gasteiger partial charge in [0.15, 0.2) is 5.76 Å². The van der Waals surface area contributed by atoms with Crippen molar-refractivity contribution in [2.24, 2.45) is 0 Å². The van der Waals surface area contributed by atoms with Crippen molar-refractivity contribution < 1.29 is 14.0 Å². The molecule has 0 saturated carbocycles. The molecule has 0 radical (unpaired) electrons. The Hall–Kier alpha value is -1.98. The van der Waals surface area contributed by atoms with E-state index in [9.17, 15) is 9.59 Å². The van der Waals surface area contributed by atoms with Crippen LogP contribution in [0.15, 0.2) is 22.8 Å². The van der Waals surface area contributed by atoms with Gasteiger partial charge in [0.1, 0.15) is 0 Å². The standard InChI is InChI=1S/C14H21N3O3/c1-10(2)15-14(19)16-6-7-17(11(3)9-16)13(18)12-5-4-8-20-12/h4-5,8,10-11H,6-7,9H2,1-3H3,(H,15,19)/t11-/m0/s1. The molecule has 0 bridgehead atoms. The van der Waals surface area contributed by atoms with E-state index in [1.807, 2.05) is 20.8 Å². The molecule has 1 aromatic heterocycles. The van der Waals surface area contributed by atoms with Crippen molar-refractivity contribution in [2.75, 3.05) is 19.6 Å². The van der Waals surface area contributed by atoms with E-state index in [0.717, 1.165) is 0 Å². The van der Waals surface area contributed by atoms with Crippen LogP contribution in [0.25, 0.3) is 0 Å². The highest BCUT2D eigenvalue weighted by Crippen LogP contribution is 2.14. The number of nitrogens with zero attached hydrogens (tertiary/aromatic N) is 2. The van der Waals surface area contributed by atoms with Crippen LogP contribution in [0.2, 0.25) is 0 Å². The van der Waals surface area contributed by atoms with Gasteiger partial charge in [0.2, 0.25) is 0 Å². The van der Waals surface area contributed by atoms with Crippen LogP contribution in [0.3, 0.4) is 0 Å². The summed E-state index contributed by atoms with van der Waals surface area (Å²) in [5.74, 6) is 0.225. The fourth-order valence-corrected chi connectivity index (χ4v) is 2.32. The zero-order valence-electron chi connectivity index (χ0n) is 12.1. The first-order valence-electron chi connectivity index (χ1n) is 6.89. The smallest absolute Gasteiger partial charge is 0.317 e. The molecule has 6 heteroatoms. The number of carbonyl (C=O) groups is 2. The fraction of sp³-hybridized carbons (Fsp3) is 0.571. The zero-order valence-corrected chi connectivity index (χ0v) is 12.1. The van der Waals surface area contributed by atoms with Gasteiger partial charge >= 0.3 is 6.03 Å². The molecule has 1 aliphatic rings. The van der Waals surface area contributed by atoms with Crippen molar-refractivity contribution in [3.8, 4) is 0 Å². The summed E-state index contributed by atoms with van der Waals surface area (Å²) in [4.78, 5) is 27.7. The molecule has 1 aromatic rings. The Morgan fingerprint density at radius 1 is 1.40 bits per heavy atom. The van der Waals surface area contributed by atoms with E-state index in [2.05, 4.69) is 5.32 Å². The van der Waals surface area contributed by atoms with Crippen LogP contribution in [0.5, 0.6) is 0 Å². The number of amides is 3. The van der Waals surface area contributed by atoms with Crippen molar-refractivity contribution >= 4 is 11.9 Å². The summed E-state index contributed by atoms with van der Waals surface area (Å²) >= 11 is 0. The second kappa shape index (κ2) is 5.98. The van der Waals surface area contributed by atoms with Crippen molar-refractivity contribution in [2.45, 2.75) is 32.9 Å². The lowest BCUT2D eigenvalue weighted by atomic mass is 10.2. The summed E-state index contributed by atoms with van der Waals surface area (Å²) in [6.07, 6.45) is 1.49. The second-order valence-corrected chi connectivity index (χ2v) is 5.38. The Morgan fingerprint density at radius 2 is 2.15 bits per heavy atom. The molecule has 2 rings (SSSR count). The van der Waals surface area contributed by atoms with Crippen molar-refractivity contribution in [1.82, 2.24) is 15.1 Å². The van der Waals surface area contributed by atoms with E-state index in [0.29, 0.717) is 25.4 Å². The third-order valence-electron chi connectivity index (χ3n) is 3.32. The third kappa shape index (κ3) is 3.12. The molecule has 1 fully saturated rings. The average Bonchev–Trinajstić information content (AvgIpc) is 2.90. The summed E-state index contributed by atoms with van der Waals surface area (Å²) in [6, 6.07) is 3.37. The normalized spacial score (nSPS) is 19.3. The molecule has 1 aliphatic heterocycles. The topological polar surface area (TPSA) is 65.8 Å². The quantitative estimate of drug-likeness (QED) is 0.893. The van der Waals surface area contributed by atoms with Crippen LogP contribution < -0.4 is 5.32 Å². The predicted octanol–water partition coefficient (Wildman–Crippen LogP) is 1.54. The first kappa shape index (κ1) is 14.4. The molecule has 1 atom stereocenters. The van der Waals surface area contributed by atoms with E-state index >= 15 is 0 Å². The molecule has 0 aromatic carbocycles. The van der Waals surface area contributed by atoms with Crippen molar-refractivity contribution in [1.29, 1.82) is 0 Å². The van der Waals surface area contributed by atoms with Crippen LogP contribution in [0.1, 0.15) is 31.3 Å². The van der Waals surface area contributed by atoms with Gasteiger partial charge in [-0.1, -0.05) is 0 Å². The molecule has 2 heterocycles. The number of carbonyl (C=O) groups excluding carboxylic acids is 2. The number of hydrogen-bond acceptors (Lipinski definition) is 3. The highest BCUT2D eigenvalue weighted by atomic mass is 16.3. The van der Waals surface area contributed by atoms with E-state index < -0.39 is 0 Å². The van der Waals surface area contributed by atoms with Gasteiger partial charge in [-0.05, 0) is 32.9 Å². The highest BCUT2D eigenvalue weighted by Gasteiger charge is 2.31. The van der Waals surface area contributed by atoms with Crippen molar-refractivity contribution in [3.63, 3.8) is 0 Å². The Bertz CT molecular complexity index is 470. The lowest BCUT2D eigenvalue weighted by molar-refractivity contribution is 0.0508.